The second kappa shape index (κ2) is 4.85. The van der Waals surface area contributed by atoms with Gasteiger partial charge in [0.1, 0.15) is 0 Å². The quantitative estimate of drug-likeness (QED) is 0.917. The normalized spacial score (nSPS) is 20.3. The molecule has 0 bridgehead atoms. The predicted octanol–water partition coefficient (Wildman–Crippen LogP) is 3.23. The third-order valence-electron chi connectivity index (χ3n) is 3.32. The summed E-state index contributed by atoms with van der Waals surface area (Å²) >= 11 is 3.19. The van der Waals surface area contributed by atoms with E-state index in [4.69, 9.17) is 5.73 Å². The molecule has 2 aromatic heterocycles. The summed E-state index contributed by atoms with van der Waals surface area (Å²) in [7, 11) is 0. The van der Waals surface area contributed by atoms with Gasteiger partial charge in [0.2, 0.25) is 0 Å². The van der Waals surface area contributed by atoms with Gasteiger partial charge in [-0.05, 0) is 26.2 Å². The van der Waals surface area contributed by atoms with Crippen molar-refractivity contribution in [1.29, 1.82) is 0 Å². The van der Waals surface area contributed by atoms with Gasteiger partial charge in [0.15, 0.2) is 10.3 Å². The van der Waals surface area contributed by atoms with E-state index in [1.165, 1.54) is 30.6 Å². The monoisotopic (exact) mass is 280 g/mol. The molecule has 3 heterocycles. The first-order chi connectivity index (χ1) is 8.74. The minimum absolute atomic E-state index is 0.596. The van der Waals surface area contributed by atoms with Crippen molar-refractivity contribution >= 4 is 32.9 Å². The first kappa shape index (κ1) is 11.9. The van der Waals surface area contributed by atoms with Crippen molar-refractivity contribution < 1.29 is 0 Å². The molecule has 0 radical (unpaired) electrons. The Morgan fingerprint density at radius 2 is 2.33 bits per heavy atom. The minimum atomic E-state index is 0.596. The van der Waals surface area contributed by atoms with Crippen LogP contribution in [-0.4, -0.2) is 22.6 Å². The van der Waals surface area contributed by atoms with E-state index in [0.717, 1.165) is 22.2 Å². The molecule has 0 aliphatic carbocycles. The molecule has 0 saturated carbocycles. The molecular formula is C12H16N4S2. The van der Waals surface area contributed by atoms with E-state index in [-0.39, 0.29) is 0 Å². The van der Waals surface area contributed by atoms with E-state index < -0.39 is 0 Å². The van der Waals surface area contributed by atoms with Crippen LogP contribution < -0.4 is 10.6 Å². The number of anilines is 2. The van der Waals surface area contributed by atoms with Crippen LogP contribution in [0.15, 0.2) is 11.6 Å². The average molecular weight is 280 g/mol. The molecule has 1 atom stereocenters. The van der Waals surface area contributed by atoms with Crippen molar-refractivity contribution in [3.63, 3.8) is 0 Å². The Labute approximate surface area is 114 Å². The van der Waals surface area contributed by atoms with Crippen LogP contribution in [0.3, 0.4) is 0 Å². The highest BCUT2D eigenvalue weighted by Crippen LogP contribution is 2.34. The summed E-state index contributed by atoms with van der Waals surface area (Å²) in [4.78, 5) is 12.4. The summed E-state index contributed by atoms with van der Waals surface area (Å²) in [6, 6.07) is 0.596. The SMILES string of the molecule is CC1CCCCN1c1ncc(-c2csc(N)n2)s1. The lowest BCUT2D eigenvalue weighted by molar-refractivity contribution is 0.484. The molecule has 0 aromatic carbocycles. The molecule has 96 valence electrons. The summed E-state index contributed by atoms with van der Waals surface area (Å²) in [5, 5.41) is 3.72. The van der Waals surface area contributed by atoms with E-state index >= 15 is 0 Å². The molecule has 1 aliphatic heterocycles. The predicted molar refractivity (Wildman–Crippen MR) is 78.3 cm³/mol. The van der Waals surface area contributed by atoms with Crippen molar-refractivity contribution in [3.05, 3.63) is 11.6 Å². The molecule has 0 amide bonds. The Hall–Kier alpha value is -1.14. The zero-order chi connectivity index (χ0) is 12.5. The molecular weight excluding hydrogens is 264 g/mol. The highest BCUT2D eigenvalue weighted by molar-refractivity contribution is 7.19. The van der Waals surface area contributed by atoms with Gasteiger partial charge in [-0.3, -0.25) is 0 Å². The molecule has 18 heavy (non-hydrogen) atoms. The fourth-order valence-corrected chi connectivity index (χ4v) is 3.94. The van der Waals surface area contributed by atoms with Gasteiger partial charge in [0.05, 0.1) is 10.6 Å². The van der Waals surface area contributed by atoms with Crippen LogP contribution in [0.1, 0.15) is 26.2 Å². The zero-order valence-corrected chi connectivity index (χ0v) is 11.9. The molecule has 1 fully saturated rings. The molecule has 1 saturated heterocycles. The zero-order valence-electron chi connectivity index (χ0n) is 10.3. The minimum Gasteiger partial charge on any atom is -0.375 e. The van der Waals surface area contributed by atoms with Crippen LogP contribution in [0.25, 0.3) is 10.6 Å². The van der Waals surface area contributed by atoms with Crippen molar-refractivity contribution in [2.75, 3.05) is 17.2 Å². The largest absolute Gasteiger partial charge is 0.375 e. The third-order valence-corrected chi connectivity index (χ3v) is 5.05. The maximum Gasteiger partial charge on any atom is 0.186 e. The van der Waals surface area contributed by atoms with Gasteiger partial charge < -0.3 is 10.6 Å². The van der Waals surface area contributed by atoms with E-state index in [0.29, 0.717) is 11.2 Å². The van der Waals surface area contributed by atoms with Gasteiger partial charge >= 0.3 is 0 Å². The standard InChI is InChI=1S/C12H16N4S2/c1-8-4-2-3-5-16(8)12-14-6-10(18-12)9-7-17-11(13)15-9/h6-8H,2-5H2,1H3,(H2,13,15). The molecule has 3 rings (SSSR count). The number of hydrogen-bond acceptors (Lipinski definition) is 6. The number of nitrogens with two attached hydrogens (primary N) is 1. The first-order valence-electron chi connectivity index (χ1n) is 6.18. The van der Waals surface area contributed by atoms with Gasteiger partial charge in [-0.25, -0.2) is 9.97 Å². The van der Waals surface area contributed by atoms with Crippen LogP contribution in [0.5, 0.6) is 0 Å². The molecule has 4 nitrogen and oxygen atoms in total. The fourth-order valence-electron chi connectivity index (χ4n) is 2.30. The Morgan fingerprint density at radius 3 is 3.06 bits per heavy atom. The van der Waals surface area contributed by atoms with Crippen molar-refractivity contribution in [1.82, 2.24) is 9.97 Å². The molecule has 2 aromatic rings. The second-order valence-electron chi connectivity index (χ2n) is 4.62. The number of aromatic nitrogens is 2. The number of rotatable bonds is 2. The summed E-state index contributed by atoms with van der Waals surface area (Å²) in [6.07, 6.45) is 5.77. The first-order valence-corrected chi connectivity index (χ1v) is 7.87. The number of thiazole rings is 2. The van der Waals surface area contributed by atoms with Gasteiger partial charge in [-0.15, -0.1) is 11.3 Å². The second-order valence-corrected chi connectivity index (χ2v) is 6.52. The lowest BCUT2D eigenvalue weighted by Gasteiger charge is -2.32. The molecule has 1 unspecified atom stereocenters. The number of hydrogen-bond donors (Lipinski definition) is 1. The summed E-state index contributed by atoms with van der Waals surface area (Å²) in [6.45, 7) is 3.40. The van der Waals surface area contributed by atoms with Crippen molar-refractivity contribution in [2.24, 2.45) is 0 Å². The van der Waals surface area contributed by atoms with Crippen LogP contribution in [0.2, 0.25) is 0 Å². The maximum atomic E-state index is 5.67. The Morgan fingerprint density at radius 1 is 1.44 bits per heavy atom. The van der Waals surface area contributed by atoms with E-state index in [2.05, 4.69) is 21.8 Å². The van der Waals surface area contributed by atoms with Gasteiger partial charge in [-0.2, -0.15) is 0 Å². The van der Waals surface area contributed by atoms with Gasteiger partial charge in [0, 0.05) is 24.2 Å². The third kappa shape index (κ3) is 2.22. The molecule has 2 N–H and O–H groups in total. The Balaban J connectivity index is 1.84. The van der Waals surface area contributed by atoms with E-state index in [1.807, 2.05) is 11.6 Å². The highest BCUT2D eigenvalue weighted by atomic mass is 32.1. The van der Waals surface area contributed by atoms with E-state index in [9.17, 15) is 0 Å². The molecule has 1 aliphatic rings. The maximum absolute atomic E-state index is 5.67. The number of piperidine rings is 1. The summed E-state index contributed by atoms with van der Waals surface area (Å²) in [5.74, 6) is 0. The number of nitrogen functional groups attached to an aromatic ring is 1. The molecule has 6 heteroatoms. The lowest BCUT2D eigenvalue weighted by atomic mass is 10.1. The van der Waals surface area contributed by atoms with Crippen molar-refractivity contribution in [3.8, 4) is 10.6 Å². The topological polar surface area (TPSA) is 55.0 Å². The summed E-state index contributed by atoms with van der Waals surface area (Å²) in [5.41, 5.74) is 6.62. The Kier molecular flexibility index (Phi) is 3.22. The molecule has 0 spiro atoms. The van der Waals surface area contributed by atoms with Crippen molar-refractivity contribution in [2.45, 2.75) is 32.2 Å². The van der Waals surface area contributed by atoms with Gasteiger partial charge in [0.25, 0.3) is 0 Å². The van der Waals surface area contributed by atoms with E-state index in [1.54, 1.807) is 11.3 Å². The Bertz CT molecular complexity index is 534. The average Bonchev–Trinajstić information content (AvgIpc) is 2.98. The van der Waals surface area contributed by atoms with Crippen LogP contribution in [0, 0.1) is 0 Å². The lowest BCUT2D eigenvalue weighted by Crippen LogP contribution is -2.37. The van der Waals surface area contributed by atoms with Crippen LogP contribution in [-0.2, 0) is 0 Å². The van der Waals surface area contributed by atoms with Crippen LogP contribution in [0.4, 0.5) is 10.3 Å². The number of nitrogens with zero attached hydrogens (tertiary/aromatic N) is 3. The smallest absolute Gasteiger partial charge is 0.186 e. The fraction of sp³-hybridized carbons (Fsp3) is 0.500. The highest BCUT2D eigenvalue weighted by Gasteiger charge is 2.21. The summed E-state index contributed by atoms with van der Waals surface area (Å²) < 4.78 is 0. The van der Waals surface area contributed by atoms with Crippen LogP contribution >= 0.6 is 22.7 Å². The van der Waals surface area contributed by atoms with Gasteiger partial charge in [-0.1, -0.05) is 11.3 Å².